The summed E-state index contributed by atoms with van der Waals surface area (Å²) >= 11 is 0. The van der Waals surface area contributed by atoms with Crippen LogP contribution in [0.15, 0.2) is 12.1 Å². The van der Waals surface area contributed by atoms with Gasteiger partial charge in [-0.3, -0.25) is 0 Å². The maximum Gasteiger partial charge on any atom is 0.122 e. The second-order valence-corrected chi connectivity index (χ2v) is 7.59. The zero-order valence-corrected chi connectivity index (χ0v) is 19.4. The summed E-state index contributed by atoms with van der Waals surface area (Å²) in [7, 11) is 0. The van der Waals surface area contributed by atoms with Gasteiger partial charge in [-0.15, -0.1) is 0 Å². The van der Waals surface area contributed by atoms with Gasteiger partial charge in [0.25, 0.3) is 0 Å². The molecule has 0 amide bonds. The van der Waals surface area contributed by atoms with E-state index in [9.17, 15) is 5.11 Å². The van der Waals surface area contributed by atoms with Crippen LogP contribution < -0.4 is 0 Å². The van der Waals surface area contributed by atoms with Crippen LogP contribution in [-0.2, 0) is 19.3 Å². The Morgan fingerprint density at radius 2 is 0.893 bits per heavy atom. The normalized spacial score (nSPS) is 11.9. The molecule has 162 valence electrons. The van der Waals surface area contributed by atoms with Crippen LogP contribution in [0.3, 0.4) is 0 Å². The molecule has 1 N–H and O–H groups in total. The SMILES string of the molecule is CCN(CC)CCc1cc(CCN(CC)CC)c(O)c(CCN(CC)CC)c1. The largest absolute Gasteiger partial charge is 0.507 e. The standard InChI is InChI=1S/C24H45N3O/c1-7-25(8-2)16-13-21-19-22(14-17-26(9-3)10-4)24(28)23(20-21)15-18-27(11-5)12-6/h19-20,28H,7-18H2,1-6H3. The van der Waals surface area contributed by atoms with Crippen LogP contribution in [0.5, 0.6) is 5.75 Å². The molecule has 0 atom stereocenters. The smallest absolute Gasteiger partial charge is 0.122 e. The molecule has 4 nitrogen and oxygen atoms in total. The summed E-state index contributed by atoms with van der Waals surface area (Å²) in [6, 6.07) is 4.51. The van der Waals surface area contributed by atoms with Crippen LogP contribution in [0.1, 0.15) is 58.2 Å². The lowest BCUT2D eigenvalue weighted by Gasteiger charge is -2.22. The van der Waals surface area contributed by atoms with E-state index in [4.69, 9.17) is 0 Å². The average Bonchev–Trinajstić information content (AvgIpc) is 2.72. The Kier molecular flexibility index (Phi) is 12.4. The molecule has 0 saturated carbocycles. The molecule has 0 aliphatic carbocycles. The first-order valence-corrected chi connectivity index (χ1v) is 11.5. The Balaban J connectivity index is 2.99. The van der Waals surface area contributed by atoms with Crippen LogP contribution in [-0.4, -0.2) is 78.7 Å². The van der Waals surface area contributed by atoms with Gasteiger partial charge in [-0.05, 0) is 75.2 Å². The second kappa shape index (κ2) is 14.0. The molecule has 1 aromatic carbocycles. The number of likely N-dealkylation sites (N-methyl/N-ethyl adjacent to an activating group) is 3. The van der Waals surface area contributed by atoms with Crippen molar-refractivity contribution in [3.05, 3.63) is 28.8 Å². The van der Waals surface area contributed by atoms with Gasteiger partial charge >= 0.3 is 0 Å². The predicted octanol–water partition coefficient (Wildman–Crippen LogP) is 4.05. The van der Waals surface area contributed by atoms with Gasteiger partial charge in [0.1, 0.15) is 5.75 Å². The van der Waals surface area contributed by atoms with E-state index in [0.29, 0.717) is 5.75 Å². The molecular formula is C24H45N3O. The third-order valence-corrected chi connectivity index (χ3v) is 6.12. The highest BCUT2D eigenvalue weighted by atomic mass is 16.3. The number of hydrogen-bond donors (Lipinski definition) is 1. The van der Waals surface area contributed by atoms with Crippen molar-refractivity contribution in [1.82, 2.24) is 14.7 Å². The maximum atomic E-state index is 11.0. The van der Waals surface area contributed by atoms with Crippen LogP contribution in [0.25, 0.3) is 0 Å². The Bertz CT molecular complexity index is 498. The summed E-state index contributed by atoms with van der Waals surface area (Å²) in [5.74, 6) is 0.533. The summed E-state index contributed by atoms with van der Waals surface area (Å²) < 4.78 is 0. The molecule has 4 heteroatoms. The molecule has 0 unspecified atom stereocenters. The number of benzene rings is 1. The van der Waals surface area contributed by atoms with Crippen molar-refractivity contribution in [2.45, 2.75) is 60.8 Å². The second-order valence-electron chi connectivity index (χ2n) is 7.59. The minimum absolute atomic E-state index is 0.533. The summed E-state index contributed by atoms with van der Waals surface area (Å²) in [6.45, 7) is 22.8. The highest BCUT2D eigenvalue weighted by molar-refractivity contribution is 5.44. The van der Waals surface area contributed by atoms with E-state index in [1.807, 2.05) is 0 Å². The lowest BCUT2D eigenvalue weighted by molar-refractivity contribution is 0.302. The fraction of sp³-hybridized carbons (Fsp3) is 0.750. The van der Waals surface area contributed by atoms with Gasteiger partial charge in [0.2, 0.25) is 0 Å². The average molecular weight is 392 g/mol. The molecule has 0 heterocycles. The third-order valence-electron chi connectivity index (χ3n) is 6.12. The molecule has 0 bridgehead atoms. The highest BCUT2D eigenvalue weighted by Gasteiger charge is 2.13. The molecule has 0 fully saturated rings. The zero-order chi connectivity index (χ0) is 20.9. The first kappa shape index (κ1) is 24.9. The molecule has 1 rings (SSSR count). The molecule has 0 aliphatic heterocycles. The Morgan fingerprint density at radius 3 is 1.21 bits per heavy atom. The van der Waals surface area contributed by atoms with E-state index in [-0.39, 0.29) is 0 Å². The molecule has 0 spiro atoms. The van der Waals surface area contributed by atoms with E-state index < -0.39 is 0 Å². The molecule has 0 aliphatic rings. The lowest BCUT2D eigenvalue weighted by Crippen LogP contribution is -2.26. The monoisotopic (exact) mass is 391 g/mol. The molecule has 0 aromatic heterocycles. The number of hydrogen-bond acceptors (Lipinski definition) is 4. The Morgan fingerprint density at radius 1 is 0.571 bits per heavy atom. The van der Waals surface area contributed by atoms with Crippen molar-refractivity contribution < 1.29 is 5.11 Å². The van der Waals surface area contributed by atoms with Crippen LogP contribution in [0.4, 0.5) is 0 Å². The Hall–Kier alpha value is -1.10. The molecular weight excluding hydrogens is 346 g/mol. The van der Waals surface area contributed by atoms with Gasteiger partial charge in [0, 0.05) is 19.6 Å². The first-order chi connectivity index (χ1) is 13.5. The van der Waals surface area contributed by atoms with Crippen molar-refractivity contribution in [2.75, 3.05) is 58.9 Å². The van der Waals surface area contributed by atoms with Gasteiger partial charge in [-0.1, -0.05) is 53.7 Å². The summed E-state index contributed by atoms with van der Waals surface area (Å²) in [5, 5.41) is 11.0. The minimum Gasteiger partial charge on any atom is -0.507 e. The van der Waals surface area contributed by atoms with Crippen molar-refractivity contribution >= 4 is 0 Å². The van der Waals surface area contributed by atoms with Gasteiger partial charge in [0.15, 0.2) is 0 Å². The summed E-state index contributed by atoms with van der Waals surface area (Å²) in [4.78, 5) is 7.33. The lowest BCUT2D eigenvalue weighted by atomic mass is 9.97. The number of nitrogens with zero attached hydrogens (tertiary/aromatic N) is 3. The van der Waals surface area contributed by atoms with E-state index in [2.05, 4.69) is 68.4 Å². The highest BCUT2D eigenvalue weighted by Crippen LogP contribution is 2.27. The van der Waals surface area contributed by atoms with Crippen LogP contribution >= 0.6 is 0 Å². The quantitative estimate of drug-likeness (QED) is 0.489. The van der Waals surface area contributed by atoms with Crippen molar-refractivity contribution in [1.29, 1.82) is 0 Å². The number of phenols is 1. The fourth-order valence-electron chi connectivity index (χ4n) is 3.82. The van der Waals surface area contributed by atoms with Gasteiger partial charge in [-0.25, -0.2) is 0 Å². The number of phenolic OH excluding ortho intramolecular Hbond substituents is 1. The van der Waals surface area contributed by atoms with Crippen LogP contribution in [0.2, 0.25) is 0 Å². The van der Waals surface area contributed by atoms with Crippen LogP contribution in [0, 0.1) is 0 Å². The maximum absolute atomic E-state index is 11.0. The molecule has 0 saturated heterocycles. The third kappa shape index (κ3) is 8.10. The van der Waals surface area contributed by atoms with E-state index in [0.717, 1.165) is 89.3 Å². The van der Waals surface area contributed by atoms with E-state index in [1.54, 1.807) is 0 Å². The van der Waals surface area contributed by atoms with Gasteiger partial charge in [-0.2, -0.15) is 0 Å². The summed E-state index contributed by atoms with van der Waals surface area (Å²) in [6.07, 6.45) is 2.90. The van der Waals surface area contributed by atoms with Crippen molar-refractivity contribution in [3.8, 4) is 5.75 Å². The van der Waals surface area contributed by atoms with Crippen molar-refractivity contribution in [3.63, 3.8) is 0 Å². The number of rotatable bonds is 15. The van der Waals surface area contributed by atoms with E-state index >= 15 is 0 Å². The zero-order valence-electron chi connectivity index (χ0n) is 19.4. The predicted molar refractivity (Wildman–Crippen MR) is 123 cm³/mol. The minimum atomic E-state index is 0.533. The van der Waals surface area contributed by atoms with Gasteiger partial charge in [0.05, 0.1) is 0 Å². The molecule has 0 radical (unpaired) electrons. The van der Waals surface area contributed by atoms with E-state index in [1.165, 1.54) is 5.56 Å². The van der Waals surface area contributed by atoms with Gasteiger partial charge < -0.3 is 19.8 Å². The summed E-state index contributed by atoms with van der Waals surface area (Å²) in [5.41, 5.74) is 3.62. The first-order valence-electron chi connectivity index (χ1n) is 11.5. The molecule has 1 aromatic rings. The molecule has 28 heavy (non-hydrogen) atoms. The fourth-order valence-corrected chi connectivity index (χ4v) is 3.82. The topological polar surface area (TPSA) is 30.0 Å². The number of aromatic hydroxyl groups is 1. The Labute approximate surface area is 174 Å². The van der Waals surface area contributed by atoms with Crippen molar-refractivity contribution in [2.24, 2.45) is 0 Å².